The standard InChI is InChI=1S/C22H29N5OS/c1-3-8-26(9-4-2)21-19-18(23-14-24-21)17-15-6-5-7-16(15)20(25-22(17)29-19)27-10-12-28-13-11-27/h14H,3-13H2,1-2H3. The minimum absolute atomic E-state index is 0.791. The molecule has 1 saturated heterocycles. The van der Waals surface area contributed by atoms with Crippen molar-refractivity contribution in [1.29, 1.82) is 0 Å². The number of hydrogen-bond donors (Lipinski definition) is 0. The van der Waals surface area contributed by atoms with Crippen LogP contribution in [0.2, 0.25) is 0 Å². The van der Waals surface area contributed by atoms with Crippen LogP contribution in [0.5, 0.6) is 0 Å². The highest BCUT2D eigenvalue weighted by atomic mass is 32.1. The Morgan fingerprint density at radius 1 is 1.07 bits per heavy atom. The molecule has 0 N–H and O–H groups in total. The molecule has 0 amide bonds. The number of nitrogens with zero attached hydrogens (tertiary/aromatic N) is 5. The zero-order valence-electron chi connectivity index (χ0n) is 17.4. The van der Waals surface area contributed by atoms with E-state index in [-0.39, 0.29) is 0 Å². The Hall–Kier alpha value is -1.99. The Balaban J connectivity index is 1.70. The fourth-order valence-corrected chi connectivity index (χ4v) is 5.96. The highest BCUT2D eigenvalue weighted by molar-refractivity contribution is 7.26. The fraction of sp³-hybridized carbons (Fsp3) is 0.591. The minimum atomic E-state index is 0.791. The van der Waals surface area contributed by atoms with E-state index in [9.17, 15) is 0 Å². The van der Waals surface area contributed by atoms with Gasteiger partial charge >= 0.3 is 0 Å². The van der Waals surface area contributed by atoms with Crippen LogP contribution < -0.4 is 9.80 Å². The average Bonchev–Trinajstić information content (AvgIpc) is 3.37. The van der Waals surface area contributed by atoms with E-state index in [0.717, 1.165) is 81.2 Å². The third kappa shape index (κ3) is 3.24. The van der Waals surface area contributed by atoms with Gasteiger partial charge in [-0.3, -0.25) is 0 Å². The van der Waals surface area contributed by atoms with Gasteiger partial charge in [0.1, 0.15) is 22.8 Å². The van der Waals surface area contributed by atoms with Crippen LogP contribution in [-0.4, -0.2) is 54.3 Å². The van der Waals surface area contributed by atoms with E-state index in [1.807, 2.05) is 0 Å². The van der Waals surface area contributed by atoms with Crippen molar-refractivity contribution in [3.8, 4) is 0 Å². The lowest BCUT2D eigenvalue weighted by Crippen LogP contribution is -2.37. The van der Waals surface area contributed by atoms with Crippen molar-refractivity contribution < 1.29 is 4.74 Å². The first-order valence-corrected chi connectivity index (χ1v) is 11.8. The molecule has 7 heteroatoms. The summed E-state index contributed by atoms with van der Waals surface area (Å²) in [6, 6.07) is 0. The number of ether oxygens (including phenoxy) is 1. The molecule has 154 valence electrons. The van der Waals surface area contributed by atoms with Crippen LogP contribution in [0.25, 0.3) is 20.4 Å². The molecule has 4 heterocycles. The molecular weight excluding hydrogens is 382 g/mol. The fourth-order valence-electron chi connectivity index (χ4n) is 4.79. The smallest absolute Gasteiger partial charge is 0.150 e. The molecule has 29 heavy (non-hydrogen) atoms. The Kier molecular flexibility index (Phi) is 5.26. The zero-order valence-corrected chi connectivity index (χ0v) is 18.2. The summed E-state index contributed by atoms with van der Waals surface area (Å²) in [7, 11) is 0. The Labute approximate surface area is 175 Å². The molecule has 0 radical (unpaired) electrons. The maximum Gasteiger partial charge on any atom is 0.150 e. The molecule has 6 nitrogen and oxygen atoms in total. The van der Waals surface area contributed by atoms with Crippen molar-refractivity contribution in [2.45, 2.75) is 46.0 Å². The lowest BCUT2D eigenvalue weighted by molar-refractivity contribution is 0.122. The average molecular weight is 412 g/mol. The lowest BCUT2D eigenvalue weighted by atomic mass is 10.1. The lowest BCUT2D eigenvalue weighted by Gasteiger charge is -2.29. The first-order chi connectivity index (χ1) is 14.3. The summed E-state index contributed by atoms with van der Waals surface area (Å²) in [6.07, 6.45) is 7.44. The van der Waals surface area contributed by atoms with Gasteiger partial charge in [0.15, 0.2) is 0 Å². The van der Waals surface area contributed by atoms with Crippen molar-refractivity contribution in [2.75, 3.05) is 49.2 Å². The second-order valence-corrected chi connectivity index (χ2v) is 8.99. The summed E-state index contributed by atoms with van der Waals surface area (Å²) < 4.78 is 6.77. The molecule has 3 aromatic heterocycles. The summed E-state index contributed by atoms with van der Waals surface area (Å²) in [6.45, 7) is 9.96. The molecule has 0 atom stereocenters. The van der Waals surface area contributed by atoms with Crippen LogP contribution in [0, 0.1) is 0 Å². The largest absolute Gasteiger partial charge is 0.378 e. The Morgan fingerprint density at radius 2 is 1.83 bits per heavy atom. The molecule has 0 aromatic carbocycles. The van der Waals surface area contributed by atoms with E-state index in [0.29, 0.717) is 0 Å². The summed E-state index contributed by atoms with van der Waals surface area (Å²) in [5, 5.41) is 1.28. The van der Waals surface area contributed by atoms with Crippen LogP contribution in [0.1, 0.15) is 44.2 Å². The maximum atomic E-state index is 5.57. The molecule has 5 rings (SSSR count). The second kappa shape index (κ2) is 8.03. The van der Waals surface area contributed by atoms with Gasteiger partial charge in [-0.2, -0.15) is 0 Å². The van der Waals surface area contributed by atoms with E-state index >= 15 is 0 Å². The molecule has 2 aliphatic rings. The molecule has 1 fully saturated rings. The SMILES string of the molecule is CCCN(CCC)c1ncnc2c1sc1nc(N3CCOCC3)c3c(c12)CCC3. The number of aromatic nitrogens is 3. The van der Waals surface area contributed by atoms with Gasteiger partial charge in [-0.1, -0.05) is 13.8 Å². The normalized spacial score (nSPS) is 16.7. The van der Waals surface area contributed by atoms with Gasteiger partial charge in [0.25, 0.3) is 0 Å². The third-order valence-corrected chi connectivity index (χ3v) is 7.10. The van der Waals surface area contributed by atoms with Crippen LogP contribution >= 0.6 is 11.3 Å². The molecule has 0 saturated carbocycles. The minimum Gasteiger partial charge on any atom is -0.378 e. The van der Waals surface area contributed by atoms with E-state index in [1.165, 1.54) is 33.5 Å². The van der Waals surface area contributed by atoms with Gasteiger partial charge in [-0.25, -0.2) is 15.0 Å². The van der Waals surface area contributed by atoms with Crippen molar-refractivity contribution in [3.05, 3.63) is 17.5 Å². The maximum absolute atomic E-state index is 5.57. The number of anilines is 2. The van der Waals surface area contributed by atoms with Gasteiger partial charge in [-0.15, -0.1) is 11.3 Å². The van der Waals surface area contributed by atoms with Gasteiger partial charge in [0, 0.05) is 31.6 Å². The molecule has 0 unspecified atom stereocenters. The van der Waals surface area contributed by atoms with Crippen LogP contribution in [0.15, 0.2) is 6.33 Å². The third-order valence-electron chi connectivity index (χ3n) is 6.03. The van der Waals surface area contributed by atoms with Crippen molar-refractivity contribution in [2.24, 2.45) is 0 Å². The molecule has 3 aromatic rings. The number of morpholine rings is 1. The quantitative estimate of drug-likeness (QED) is 0.606. The Bertz CT molecular complexity index is 1020. The number of aryl methyl sites for hydroxylation is 1. The van der Waals surface area contributed by atoms with E-state index in [2.05, 4.69) is 23.6 Å². The predicted octanol–water partition coefficient (Wildman–Crippen LogP) is 4.19. The number of hydrogen-bond acceptors (Lipinski definition) is 7. The number of thiophene rings is 1. The first kappa shape index (κ1) is 19.0. The van der Waals surface area contributed by atoms with Crippen LogP contribution in [0.4, 0.5) is 11.6 Å². The summed E-state index contributed by atoms with van der Waals surface area (Å²) >= 11 is 1.78. The highest BCUT2D eigenvalue weighted by Crippen LogP contribution is 2.43. The first-order valence-electron chi connectivity index (χ1n) is 11.0. The molecule has 0 bridgehead atoms. The topological polar surface area (TPSA) is 54.4 Å². The van der Waals surface area contributed by atoms with Crippen molar-refractivity contribution in [1.82, 2.24) is 15.0 Å². The Morgan fingerprint density at radius 3 is 2.59 bits per heavy atom. The highest BCUT2D eigenvalue weighted by Gasteiger charge is 2.27. The number of pyridine rings is 1. The molecular formula is C22H29N5OS. The van der Waals surface area contributed by atoms with Crippen LogP contribution in [0.3, 0.4) is 0 Å². The summed E-state index contributed by atoms with van der Waals surface area (Å²) in [5.74, 6) is 2.27. The summed E-state index contributed by atoms with van der Waals surface area (Å²) in [4.78, 5) is 20.6. The molecule has 1 aliphatic carbocycles. The molecule has 1 aliphatic heterocycles. The predicted molar refractivity (Wildman–Crippen MR) is 121 cm³/mol. The van der Waals surface area contributed by atoms with Gasteiger partial charge < -0.3 is 14.5 Å². The van der Waals surface area contributed by atoms with E-state index < -0.39 is 0 Å². The number of fused-ring (bicyclic) bond motifs is 5. The molecule has 0 spiro atoms. The van der Waals surface area contributed by atoms with Crippen molar-refractivity contribution >= 4 is 43.4 Å². The van der Waals surface area contributed by atoms with E-state index in [4.69, 9.17) is 19.7 Å². The monoisotopic (exact) mass is 411 g/mol. The van der Waals surface area contributed by atoms with Gasteiger partial charge in [0.2, 0.25) is 0 Å². The second-order valence-electron chi connectivity index (χ2n) is 7.99. The van der Waals surface area contributed by atoms with Crippen molar-refractivity contribution in [3.63, 3.8) is 0 Å². The van der Waals surface area contributed by atoms with Gasteiger partial charge in [-0.05, 0) is 43.2 Å². The number of rotatable bonds is 6. The van der Waals surface area contributed by atoms with Gasteiger partial charge in [0.05, 0.1) is 23.4 Å². The summed E-state index contributed by atoms with van der Waals surface area (Å²) in [5.41, 5.74) is 4.02. The van der Waals surface area contributed by atoms with Crippen LogP contribution in [-0.2, 0) is 17.6 Å². The van der Waals surface area contributed by atoms with E-state index in [1.54, 1.807) is 17.7 Å². The zero-order chi connectivity index (χ0) is 19.8.